The van der Waals surface area contributed by atoms with Crippen LogP contribution >= 0.6 is 0 Å². The van der Waals surface area contributed by atoms with Crippen LogP contribution in [0.3, 0.4) is 0 Å². The lowest BCUT2D eigenvalue weighted by Gasteiger charge is -2.29. The first-order valence-electron chi connectivity index (χ1n) is 10.4. The molecule has 0 aliphatic heterocycles. The van der Waals surface area contributed by atoms with Gasteiger partial charge in [-0.2, -0.15) is 0 Å². The lowest BCUT2D eigenvalue weighted by molar-refractivity contribution is -0.118. The average molecular weight is 431 g/mol. The molecule has 1 atom stereocenters. The van der Waals surface area contributed by atoms with E-state index < -0.39 is 0 Å². The second kappa shape index (κ2) is 9.07. The first-order chi connectivity index (χ1) is 15.5. The number of anilines is 1. The summed E-state index contributed by atoms with van der Waals surface area (Å²) in [7, 11) is 0. The Morgan fingerprint density at radius 3 is 2.47 bits per heavy atom. The molecule has 8 nitrogen and oxygen atoms in total. The van der Waals surface area contributed by atoms with Gasteiger partial charge in [-0.25, -0.2) is 19.7 Å². The molecule has 4 aromatic rings. The van der Waals surface area contributed by atoms with E-state index in [1.54, 1.807) is 9.69 Å². The monoisotopic (exact) mass is 431 g/mol. The van der Waals surface area contributed by atoms with Gasteiger partial charge in [-0.1, -0.05) is 30.3 Å². The number of aliphatic hydroxyl groups is 1. The predicted octanol–water partition coefficient (Wildman–Crippen LogP) is 3.73. The third-order valence-electron chi connectivity index (χ3n) is 5.26. The van der Waals surface area contributed by atoms with Crippen molar-refractivity contribution in [3.8, 4) is 22.6 Å². The van der Waals surface area contributed by atoms with E-state index >= 15 is 0 Å². The first-order valence-corrected chi connectivity index (χ1v) is 10.4. The number of amides is 1. The van der Waals surface area contributed by atoms with Crippen LogP contribution in [0.15, 0.2) is 67.1 Å². The molecule has 164 valence electrons. The summed E-state index contributed by atoms with van der Waals surface area (Å²) in [5.74, 6) is 1.61. The molecule has 0 spiro atoms. The van der Waals surface area contributed by atoms with Gasteiger partial charge in [0.2, 0.25) is 5.91 Å². The van der Waals surface area contributed by atoms with Crippen LogP contribution in [0.4, 0.5) is 5.82 Å². The fourth-order valence-corrected chi connectivity index (χ4v) is 3.76. The number of benzene rings is 2. The molecule has 0 radical (unpaired) electrons. The van der Waals surface area contributed by atoms with E-state index in [1.807, 2.05) is 67.7 Å². The van der Waals surface area contributed by atoms with Gasteiger partial charge in [0.15, 0.2) is 5.65 Å². The van der Waals surface area contributed by atoms with Gasteiger partial charge in [-0.3, -0.25) is 4.79 Å². The number of aromatic nitrogens is 3. The summed E-state index contributed by atoms with van der Waals surface area (Å²) >= 11 is 0. The number of aliphatic hydroxyl groups excluding tert-OH is 1. The van der Waals surface area contributed by atoms with E-state index in [4.69, 9.17) is 10.5 Å². The maximum Gasteiger partial charge on any atom is 0.238 e. The highest BCUT2D eigenvalue weighted by molar-refractivity contribution is 6.02. The van der Waals surface area contributed by atoms with E-state index in [9.17, 15) is 9.90 Å². The number of para-hydroxylation sites is 1. The van der Waals surface area contributed by atoms with Crippen molar-refractivity contribution < 1.29 is 14.6 Å². The summed E-state index contributed by atoms with van der Waals surface area (Å²) in [6.07, 6.45) is 3.64. The van der Waals surface area contributed by atoms with Gasteiger partial charge < -0.3 is 15.6 Å². The maximum atomic E-state index is 12.5. The summed E-state index contributed by atoms with van der Waals surface area (Å²) in [5.41, 5.74) is 8.42. The molecule has 2 heterocycles. The van der Waals surface area contributed by atoms with Gasteiger partial charge in [0, 0.05) is 25.3 Å². The Labute approximate surface area is 185 Å². The van der Waals surface area contributed by atoms with Crippen LogP contribution in [0, 0.1) is 0 Å². The Morgan fingerprint density at radius 2 is 1.81 bits per heavy atom. The van der Waals surface area contributed by atoms with Crippen LogP contribution in [-0.2, 0) is 4.79 Å². The third-order valence-corrected chi connectivity index (χ3v) is 5.26. The Balaban J connectivity index is 1.77. The molecule has 8 heteroatoms. The number of rotatable bonds is 7. The van der Waals surface area contributed by atoms with E-state index in [-0.39, 0.29) is 18.6 Å². The van der Waals surface area contributed by atoms with Crippen molar-refractivity contribution in [1.29, 1.82) is 0 Å². The minimum absolute atomic E-state index is 0.0307. The number of hydrogen-bond acceptors (Lipinski definition) is 6. The van der Waals surface area contributed by atoms with Gasteiger partial charge in [-0.05, 0) is 43.2 Å². The number of fused-ring (bicyclic) bond motifs is 1. The lowest BCUT2D eigenvalue weighted by Crippen LogP contribution is -2.45. The van der Waals surface area contributed by atoms with Crippen molar-refractivity contribution in [3.05, 3.63) is 67.1 Å². The Kier molecular flexibility index (Phi) is 6.04. The van der Waals surface area contributed by atoms with Crippen molar-refractivity contribution in [2.45, 2.75) is 26.3 Å². The second-order valence-electron chi connectivity index (χ2n) is 7.51. The first kappa shape index (κ1) is 21.3. The smallest absolute Gasteiger partial charge is 0.238 e. The number of carbonyl (C=O) groups is 1. The number of hydrogen-bond donors (Lipinski definition) is 2. The fraction of sp³-hybridized carbons (Fsp3) is 0.208. The van der Waals surface area contributed by atoms with E-state index in [0.717, 1.165) is 16.9 Å². The van der Waals surface area contributed by atoms with Gasteiger partial charge in [-0.15, -0.1) is 0 Å². The number of nitrogens with two attached hydrogens (primary N) is 1. The maximum absolute atomic E-state index is 12.5. The van der Waals surface area contributed by atoms with Crippen molar-refractivity contribution in [1.82, 2.24) is 14.6 Å². The zero-order valence-corrected chi connectivity index (χ0v) is 18.0. The zero-order chi connectivity index (χ0) is 22.7. The Morgan fingerprint density at radius 1 is 1.12 bits per heavy atom. The van der Waals surface area contributed by atoms with Crippen molar-refractivity contribution >= 4 is 22.8 Å². The molecule has 2 aromatic carbocycles. The minimum Gasteiger partial charge on any atom is -0.457 e. The van der Waals surface area contributed by atoms with Crippen molar-refractivity contribution in [2.75, 3.05) is 17.3 Å². The molecule has 32 heavy (non-hydrogen) atoms. The molecule has 2 aromatic heterocycles. The van der Waals surface area contributed by atoms with Gasteiger partial charge in [0.05, 0.1) is 11.4 Å². The van der Waals surface area contributed by atoms with Crippen LogP contribution in [0.5, 0.6) is 11.5 Å². The highest BCUT2D eigenvalue weighted by Gasteiger charge is 2.24. The Hall–Kier alpha value is -3.91. The standard InChI is InChI=1S/C24H25N5O3/c1-16(12-13-30)29(17(2)31)28-14-21(22-23(25)26-15-27-24(22)28)18-8-10-20(11-9-18)32-19-6-4-3-5-7-19/h3-11,14-16,30H,12-13H2,1-2H3,(H2,25,26,27). The molecular weight excluding hydrogens is 406 g/mol. The number of nitrogen functional groups attached to an aromatic ring is 1. The van der Waals surface area contributed by atoms with Gasteiger partial charge in [0.1, 0.15) is 23.6 Å². The summed E-state index contributed by atoms with van der Waals surface area (Å²) in [5, 5.41) is 11.6. The summed E-state index contributed by atoms with van der Waals surface area (Å²) in [6, 6.07) is 16.9. The molecule has 0 bridgehead atoms. The van der Waals surface area contributed by atoms with Gasteiger partial charge >= 0.3 is 0 Å². The molecule has 0 saturated heterocycles. The largest absolute Gasteiger partial charge is 0.457 e. The van der Waals surface area contributed by atoms with Crippen molar-refractivity contribution in [2.24, 2.45) is 0 Å². The molecule has 0 aliphatic carbocycles. The van der Waals surface area contributed by atoms with Crippen LogP contribution < -0.4 is 15.5 Å². The van der Waals surface area contributed by atoms with E-state index in [2.05, 4.69) is 9.97 Å². The molecule has 0 fully saturated rings. The molecule has 0 aliphatic rings. The van der Waals surface area contributed by atoms with E-state index in [0.29, 0.717) is 29.0 Å². The van der Waals surface area contributed by atoms with Crippen molar-refractivity contribution in [3.63, 3.8) is 0 Å². The fourth-order valence-electron chi connectivity index (χ4n) is 3.76. The molecule has 1 amide bonds. The lowest BCUT2D eigenvalue weighted by atomic mass is 10.1. The molecule has 0 saturated carbocycles. The number of carbonyl (C=O) groups excluding carboxylic acids is 1. The zero-order valence-electron chi connectivity index (χ0n) is 18.0. The normalized spacial score (nSPS) is 12.0. The predicted molar refractivity (Wildman–Crippen MR) is 124 cm³/mol. The van der Waals surface area contributed by atoms with Crippen LogP contribution in [-0.4, -0.2) is 38.3 Å². The quantitative estimate of drug-likeness (QED) is 0.462. The highest BCUT2D eigenvalue weighted by Crippen LogP contribution is 2.34. The topological polar surface area (TPSA) is 106 Å². The highest BCUT2D eigenvalue weighted by atomic mass is 16.5. The number of nitrogens with zero attached hydrogens (tertiary/aromatic N) is 4. The van der Waals surface area contributed by atoms with E-state index in [1.165, 1.54) is 13.3 Å². The molecular formula is C24H25N5O3. The summed E-state index contributed by atoms with van der Waals surface area (Å²) < 4.78 is 7.58. The molecule has 1 unspecified atom stereocenters. The summed E-state index contributed by atoms with van der Waals surface area (Å²) in [6.45, 7) is 3.33. The second-order valence-corrected chi connectivity index (χ2v) is 7.51. The van der Waals surface area contributed by atoms with Crippen LogP contribution in [0.2, 0.25) is 0 Å². The SMILES string of the molecule is CC(=O)N(C(C)CCO)n1cc(-c2ccc(Oc3ccccc3)cc2)c2c(N)ncnc21. The van der Waals surface area contributed by atoms with Crippen LogP contribution in [0.1, 0.15) is 20.3 Å². The van der Waals surface area contributed by atoms with Crippen LogP contribution in [0.25, 0.3) is 22.2 Å². The van der Waals surface area contributed by atoms with Gasteiger partial charge in [0.25, 0.3) is 0 Å². The molecule has 4 rings (SSSR count). The number of ether oxygens (including phenoxy) is 1. The minimum atomic E-state index is -0.237. The average Bonchev–Trinajstić information content (AvgIpc) is 3.16. The molecule has 3 N–H and O–H groups in total. The third kappa shape index (κ3) is 4.13. The summed E-state index contributed by atoms with van der Waals surface area (Å²) in [4.78, 5) is 21.0. The Bertz CT molecular complexity index is 1220.